The molecule has 3 rings (SSSR count). The van der Waals surface area contributed by atoms with Crippen LogP contribution in [0.25, 0.3) is 11.2 Å². The third-order valence-corrected chi connectivity index (χ3v) is 2.94. The minimum atomic E-state index is 0.646. The van der Waals surface area contributed by atoms with Gasteiger partial charge in [0.1, 0.15) is 11.8 Å². The lowest BCUT2D eigenvalue weighted by molar-refractivity contribution is 1.10. The van der Waals surface area contributed by atoms with E-state index < -0.39 is 0 Å². The summed E-state index contributed by atoms with van der Waals surface area (Å²) < 4.78 is 0.653. The standard InChI is InChI=1S/C12H10BrN5/c13-12-17-9-10(15-7-16-11(9)18-12)14-6-8-4-2-1-3-5-8/h1-5,7H,6H2,(H2,14,15,16,17,18). The third-order valence-electron chi connectivity index (χ3n) is 2.56. The summed E-state index contributed by atoms with van der Waals surface area (Å²) in [5.41, 5.74) is 2.65. The van der Waals surface area contributed by atoms with Crippen molar-refractivity contribution in [3.8, 4) is 0 Å². The van der Waals surface area contributed by atoms with Gasteiger partial charge in [0.2, 0.25) is 0 Å². The zero-order chi connectivity index (χ0) is 12.4. The van der Waals surface area contributed by atoms with Crippen LogP contribution in [0, 0.1) is 0 Å². The average Bonchev–Trinajstić information content (AvgIpc) is 2.78. The highest BCUT2D eigenvalue weighted by molar-refractivity contribution is 9.10. The Morgan fingerprint density at radius 1 is 1.17 bits per heavy atom. The zero-order valence-corrected chi connectivity index (χ0v) is 11.0. The molecule has 18 heavy (non-hydrogen) atoms. The highest BCUT2D eigenvalue weighted by Crippen LogP contribution is 2.19. The third kappa shape index (κ3) is 2.19. The zero-order valence-electron chi connectivity index (χ0n) is 9.39. The van der Waals surface area contributed by atoms with E-state index >= 15 is 0 Å². The van der Waals surface area contributed by atoms with Crippen molar-refractivity contribution >= 4 is 32.9 Å². The van der Waals surface area contributed by atoms with E-state index in [9.17, 15) is 0 Å². The number of hydrogen-bond donors (Lipinski definition) is 2. The molecule has 0 bridgehead atoms. The van der Waals surface area contributed by atoms with E-state index in [1.54, 1.807) is 0 Å². The first-order chi connectivity index (χ1) is 8.83. The van der Waals surface area contributed by atoms with Gasteiger partial charge in [-0.3, -0.25) is 0 Å². The van der Waals surface area contributed by atoms with E-state index in [1.165, 1.54) is 11.9 Å². The molecular weight excluding hydrogens is 294 g/mol. The van der Waals surface area contributed by atoms with Gasteiger partial charge in [0, 0.05) is 6.54 Å². The van der Waals surface area contributed by atoms with E-state index in [0.29, 0.717) is 16.9 Å². The van der Waals surface area contributed by atoms with Crippen molar-refractivity contribution in [2.45, 2.75) is 6.54 Å². The fraction of sp³-hybridized carbons (Fsp3) is 0.0833. The molecule has 0 spiro atoms. The molecule has 2 N–H and O–H groups in total. The van der Waals surface area contributed by atoms with Gasteiger partial charge < -0.3 is 10.3 Å². The molecule has 0 fully saturated rings. The fourth-order valence-corrected chi connectivity index (χ4v) is 2.08. The number of aromatic nitrogens is 4. The summed E-state index contributed by atoms with van der Waals surface area (Å²) >= 11 is 3.29. The second-order valence-electron chi connectivity index (χ2n) is 3.79. The van der Waals surface area contributed by atoms with Crippen molar-refractivity contribution in [2.75, 3.05) is 5.32 Å². The van der Waals surface area contributed by atoms with Gasteiger partial charge in [-0.1, -0.05) is 30.3 Å². The predicted molar refractivity (Wildman–Crippen MR) is 73.2 cm³/mol. The Kier molecular flexibility index (Phi) is 2.93. The van der Waals surface area contributed by atoms with Crippen molar-refractivity contribution in [2.24, 2.45) is 0 Å². The second-order valence-corrected chi connectivity index (χ2v) is 4.54. The molecule has 2 heterocycles. The van der Waals surface area contributed by atoms with Gasteiger partial charge in [-0.2, -0.15) is 0 Å². The molecule has 0 atom stereocenters. The van der Waals surface area contributed by atoms with Crippen molar-refractivity contribution in [3.63, 3.8) is 0 Å². The van der Waals surface area contributed by atoms with Crippen molar-refractivity contribution in [1.29, 1.82) is 0 Å². The van der Waals surface area contributed by atoms with Gasteiger partial charge in [0.15, 0.2) is 16.2 Å². The van der Waals surface area contributed by atoms with Crippen LogP contribution in [-0.2, 0) is 6.54 Å². The van der Waals surface area contributed by atoms with Crippen LogP contribution in [0.1, 0.15) is 5.56 Å². The number of halogens is 1. The van der Waals surface area contributed by atoms with E-state index in [-0.39, 0.29) is 0 Å². The van der Waals surface area contributed by atoms with Crippen molar-refractivity contribution in [1.82, 2.24) is 19.9 Å². The first-order valence-electron chi connectivity index (χ1n) is 5.47. The van der Waals surface area contributed by atoms with Crippen LogP contribution >= 0.6 is 15.9 Å². The van der Waals surface area contributed by atoms with E-state index in [4.69, 9.17) is 0 Å². The molecule has 0 amide bonds. The molecular formula is C12H10BrN5. The molecule has 0 saturated carbocycles. The number of H-pyrrole nitrogens is 1. The molecule has 0 aliphatic rings. The number of anilines is 1. The molecule has 0 aliphatic heterocycles. The number of nitrogens with one attached hydrogen (secondary N) is 2. The normalized spacial score (nSPS) is 10.7. The highest BCUT2D eigenvalue weighted by atomic mass is 79.9. The molecule has 0 saturated heterocycles. The maximum absolute atomic E-state index is 4.22. The summed E-state index contributed by atoms with van der Waals surface area (Å²) in [6.45, 7) is 0.712. The van der Waals surface area contributed by atoms with Gasteiger partial charge in [-0.25, -0.2) is 15.0 Å². The Morgan fingerprint density at radius 2 is 2.00 bits per heavy atom. The van der Waals surface area contributed by atoms with E-state index in [2.05, 4.69) is 53.3 Å². The number of nitrogens with zero attached hydrogens (tertiary/aromatic N) is 3. The Hall–Kier alpha value is -1.95. The van der Waals surface area contributed by atoms with Gasteiger partial charge >= 0.3 is 0 Å². The summed E-state index contributed by atoms with van der Waals surface area (Å²) in [7, 11) is 0. The molecule has 1 aromatic carbocycles. The van der Waals surface area contributed by atoms with Crippen LogP contribution in [0.5, 0.6) is 0 Å². The van der Waals surface area contributed by atoms with Crippen LogP contribution in [0.3, 0.4) is 0 Å². The molecule has 0 aliphatic carbocycles. The largest absolute Gasteiger partial charge is 0.364 e. The smallest absolute Gasteiger partial charge is 0.183 e. The van der Waals surface area contributed by atoms with Crippen LogP contribution in [-0.4, -0.2) is 19.9 Å². The quantitative estimate of drug-likeness (QED) is 0.730. The predicted octanol–water partition coefficient (Wildman–Crippen LogP) is 2.73. The summed E-state index contributed by atoms with van der Waals surface area (Å²) in [6, 6.07) is 10.2. The van der Waals surface area contributed by atoms with E-state index in [1.807, 2.05) is 18.2 Å². The topological polar surface area (TPSA) is 66.5 Å². The fourth-order valence-electron chi connectivity index (χ4n) is 1.72. The van der Waals surface area contributed by atoms with Crippen LogP contribution in [0.2, 0.25) is 0 Å². The lowest BCUT2D eigenvalue weighted by Crippen LogP contribution is -2.02. The molecule has 0 radical (unpaired) electrons. The lowest BCUT2D eigenvalue weighted by Gasteiger charge is -2.05. The van der Waals surface area contributed by atoms with Crippen molar-refractivity contribution in [3.05, 3.63) is 47.0 Å². The molecule has 2 aromatic heterocycles. The Balaban J connectivity index is 1.86. The Morgan fingerprint density at radius 3 is 2.83 bits per heavy atom. The number of aromatic amines is 1. The van der Waals surface area contributed by atoms with Crippen LogP contribution in [0.15, 0.2) is 41.4 Å². The van der Waals surface area contributed by atoms with Gasteiger partial charge in [0.05, 0.1) is 0 Å². The molecule has 90 valence electrons. The summed E-state index contributed by atoms with van der Waals surface area (Å²) in [4.78, 5) is 15.6. The molecule has 3 aromatic rings. The maximum Gasteiger partial charge on any atom is 0.183 e. The Bertz CT molecular complexity index is 665. The maximum atomic E-state index is 4.22. The highest BCUT2D eigenvalue weighted by Gasteiger charge is 2.07. The SMILES string of the molecule is Brc1nc2ncnc(NCc3ccccc3)c2[nH]1. The van der Waals surface area contributed by atoms with Gasteiger partial charge in [-0.05, 0) is 21.5 Å². The van der Waals surface area contributed by atoms with Crippen molar-refractivity contribution < 1.29 is 0 Å². The summed E-state index contributed by atoms with van der Waals surface area (Å²) in [6.07, 6.45) is 1.50. The first kappa shape index (κ1) is 11.2. The van der Waals surface area contributed by atoms with Crippen LogP contribution < -0.4 is 5.32 Å². The molecule has 5 nitrogen and oxygen atoms in total. The number of imidazole rings is 1. The molecule has 6 heteroatoms. The average molecular weight is 304 g/mol. The summed E-state index contributed by atoms with van der Waals surface area (Å²) in [5.74, 6) is 0.752. The minimum absolute atomic E-state index is 0.646. The molecule has 0 unspecified atom stereocenters. The second kappa shape index (κ2) is 4.73. The first-order valence-corrected chi connectivity index (χ1v) is 6.26. The van der Waals surface area contributed by atoms with Crippen LogP contribution in [0.4, 0.5) is 5.82 Å². The number of hydrogen-bond acceptors (Lipinski definition) is 4. The minimum Gasteiger partial charge on any atom is -0.364 e. The monoisotopic (exact) mass is 303 g/mol. The number of benzene rings is 1. The van der Waals surface area contributed by atoms with E-state index in [0.717, 1.165) is 11.3 Å². The summed E-state index contributed by atoms with van der Waals surface area (Å²) in [5, 5.41) is 3.27. The number of rotatable bonds is 3. The van der Waals surface area contributed by atoms with Gasteiger partial charge in [0.25, 0.3) is 0 Å². The number of fused-ring (bicyclic) bond motifs is 1. The van der Waals surface area contributed by atoms with Gasteiger partial charge in [-0.15, -0.1) is 0 Å². The lowest BCUT2D eigenvalue weighted by atomic mass is 10.2. The Labute approximate surface area is 112 Å².